The molecule has 0 amide bonds. The Bertz CT molecular complexity index is 1750. The second-order valence-electron chi connectivity index (χ2n) is 10.4. The minimum Gasteiger partial charge on any atom is -1.00 e. The van der Waals surface area contributed by atoms with Crippen LogP contribution in [0.5, 0.6) is 23.0 Å². The first-order chi connectivity index (χ1) is 20.0. The zero-order valence-electron chi connectivity index (χ0n) is 23.1. The molecule has 0 N–H and O–H groups in total. The van der Waals surface area contributed by atoms with Gasteiger partial charge in [-0.1, -0.05) is 47.5 Å². The van der Waals surface area contributed by atoms with Gasteiger partial charge in [0, 0.05) is 33.3 Å². The highest BCUT2D eigenvalue weighted by Gasteiger charge is 2.33. The van der Waals surface area contributed by atoms with Gasteiger partial charge in [0.15, 0.2) is 35.7 Å². The van der Waals surface area contributed by atoms with Gasteiger partial charge in [0.2, 0.25) is 12.5 Å². The van der Waals surface area contributed by atoms with Crippen molar-refractivity contribution in [1.29, 1.82) is 0 Å². The Morgan fingerprint density at radius 3 is 2.07 bits per heavy atom. The second-order valence-corrected chi connectivity index (χ2v) is 11.3. The summed E-state index contributed by atoms with van der Waals surface area (Å²) in [7, 11) is 3.37. The molecule has 0 atom stereocenters. The van der Waals surface area contributed by atoms with Gasteiger partial charge >= 0.3 is 0 Å². The Labute approximate surface area is 271 Å². The summed E-state index contributed by atoms with van der Waals surface area (Å²) in [4.78, 5) is 0. The first-order valence-electron chi connectivity index (χ1n) is 13.6. The Kier molecular flexibility index (Phi) is 8.13. The topological polar surface area (TPSA) is 40.8 Å². The van der Waals surface area contributed by atoms with Gasteiger partial charge in [0.05, 0.1) is 25.2 Å². The SMILES string of the molecule is COc1ccc2c(CC(c3ccc(Cl)cc3)c3ccc(Cl)cc3)c3[n+](cc2c1OC)CCc1cc2c(cc1-3)OCO2.[I-]. The lowest BCUT2D eigenvalue weighted by atomic mass is 9.82. The largest absolute Gasteiger partial charge is 1.00 e. The molecule has 4 aromatic carbocycles. The summed E-state index contributed by atoms with van der Waals surface area (Å²) >= 11 is 12.6. The molecular weight excluding hydrogens is 684 g/mol. The summed E-state index contributed by atoms with van der Waals surface area (Å²) in [5.74, 6) is 3.08. The summed E-state index contributed by atoms with van der Waals surface area (Å²) in [6.07, 6.45) is 3.82. The number of fused-ring (bicyclic) bond motifs is 5. The Balaban J connectivity index is 0.00000316. The van der Waals surface area contributed by atoms with Crippen molar-refractivity contribution < 1.29 is 47.5 Å². The highest BCUT2D eigenvalue weighted by Crippen LogP contribution is 2.45. The molecule has 3 heterocycles. The van der Waals surface area contributed by atoms with Gasteiger partial charge in [-0.3, -0.25) is 0 Å². The maximum atomic E-state index is 6.31. The summed E-state index contributed by atoms with van der Waals surface area (Å²) in [6, 6.07) is 24.7. The van der Waals surface area contributed by atoms with Crippen molar-refractivity contribution in [2.45, 2.75) is 25.3 Å². The van der Waals surface area contributed by atoms with Gasteiger partial charge in [-0.15, -0.1) is 0 Å². The van der Waals surface area contributed by atoms with Gasteiger partial charge in [-0.25, -0.2) is 0 Å². The van der Waals surface area contributed by atoms with Gasteiger partial charge < -0.3 is 42.9 Å². The number of hydrogen-bond acceptors (Lipinski definition) is 4. The number of aryl methyl sites for hydroxylation is 2. The molecule has 1 aromatic heterocycles. The zero-order chi connectivity index (χ0) is 28.1. The molecular formula is C34H28Cl2INO4. The molecule has 0 saturated carbocycles. The molecule has 0 bridgehead atoms. The molecule has 5 aromatic rings. The first kappa shape index (κ1) is 28.9. The quantitative estimate of drug-likeness (QED) is 0.188. The van der Waals surface area contributed by atoms with Crippen LogP contribution in [0.25, 0.3) is 22.0 Å². The van der Waals surface area contributed by atoms with E-state index in [0.29, 0.717) is 15.8 Å². The standard InChI is InChI=1S/C34H28Cl2NO4.HI/c1-38-30-12-11-25-28(16-26(20-3-7-23(35)8-4-20)21-5-9-24(36)10-6-21)33-27-17-32-31(40-19-41-32)15-22(27)13-14-37(33)18-29(25)34(30)39-2;/h3-12,15,17-18,26H,13-14,16,19H2,1-2H3;1H/q+1;/p-1. The Morgan fingerprint density at radius 2 is 1.45 bits per heavy atom. The highest BCUT2D eigenvalue weighted by atomic mass is 127. The fourth-order valence-corrected chi connectivity index (χ4v) is 6.49. The third-order valence-electron chi connectivity index (χ3n) is 8.20. The average Bonchev–Trinajstić information content (AvgIpc) is 3.46. The molecule has 0 saturated heterocycles. The molecule has 0 aliphatic carbocycles. The molecule has 5 nitrogen and oxygen atoms in total. The second kappa shape index (κ2) is 11.8. The van der Waals surface area contributed by atoms with Crippen molar-refractivity contribution in [1.82, 2.24) is 0 Å². The van der Waals surface area contributed by atoms with Gasteiger partial charge in [-0.2, -0.15) is 4.57 Å². The van der Waals surface area contributed by atoms with Crippen LogP contribution in [-0.2, 0) is 19.4 Å². The van der Waals surface area contributed by atoms with Crippen LogP contribution in [0.1, 0.15) is 28.2 Å². The number of nitrogens with zero attached hydrogens (tertiary/aromatic N) is 1. The van der Waals surface area contributed by atoms with E-state index in [9.17, 15) is 0 Å². The van der Waals surface area contributed by atoms with Crippen LogP contribution in [0.4, 0.5) is 0 Å². The van der Waals surface area contributed by atoms with Crippen LogP contribution in [-0.4, -0.2) is 21.0 Å². The minimum absolute atomic E-state index is 0. The number of ether oxygens (including phenoxy) is 4. The number of methoxy groups -OCH3 is 2. The van der Waals surface area contributed by atoms with Crippen LogP contribution < -0.4 is 47.5 Å². The molecule has 214 valence electrons. The molecule has 0 radical (unpaired) electrons. The van der Waals surface area contributed by atoms with Crippen molar-refractivity contribution in [3.8, 4) is 34.3 Å². The van der Waals surface area contributed by atoms with E-state index in [1.807, 2.05) is 30.3 Å². The zero-order valence-corrected chi connectivity index (χ0v) is 26.8. The van der Waals surface area contributed by atoms with E-state index in [4.69, 9.17) is 42.1 Å². The van der Waals surface area contributed by atoms with Gasteiger partial charge in [0.25, 0.3) is 0 Å². The summed E-state index contributed by atoms with van der Waals surface area (Å²) < 4.78 is 25.5. The average molecular weight is 712 g/mol. The first-order valence-corrected chi connectivity index (χ1v) is 14.3. The lowest BCUT2D eigenvalue weighted by Gasteiger charge is -2.24. The van der Waals surface area contributed by atoms with Crippen molar-refractivity contribution in [2.24, 2.45) is 0 Å². The van der Waals surface area contributed by atoms with Crippen LogP contribution in [0, 0.1) is 0 Å². The third-order valence-corrected chi connectivity index (χ3v) is 8.70. The van der Waals surface area contributed by atoms with Crippen LogP contribution in [0.2, 0.25) is 10.0 Å². The third kappa shape index (κ3) is 5.03. The number of aromatic nitrogens is 1. The maximum Gasteiger partial charge on any atom is 0.231 e. The summed E-state index contributed by atoms with van der Waals surface area (Å²) in [5.41, 5.74) is 7.17. The Hall–Kier alpha value is -3.20. The molecule has 7 rings (SSSR count). The van der Waals surface area contributed by atoms with Crippen molar-refractivity contribution in [2.75, 3.05) is 21.0 Å². The molecule has 2 aliphatic rings. The van der Waals surface area contributed by atoms with E-state index < -0.39 is 0 Å². The van der Waals surface area contributed by atoms with Gasteiger partial charge in [0.1, 0.15) is 0 Å². The normalized spacial score (nSPS) is 13.0. The van der Waals surface area contributed by atoms with E-state index in [-0.39, 0.29) is 36.7 Å². The lowest BCUT2D eigenvalue weighted by Crippen LogP contribution is -3.00. The number of halogens is 3. The fraction of sp³-hybridized carbons (Fsp3) is 0.206. The predicted octanol–water partition coefficient (Wildman–Crippen LogP) is 4.78. The van der Waals surface area contributed by atoms with Crippen LogP contribution >= 0.6 is 23.2 Å². The predicted molar refractivity (Wildman–Crippen MR) is 161 cm³/mol. The van der Waals surface area contributed by atoms with E-state index in [2.05, 4.69) is 53.2 Å². The highest BCUT2D eigenvalue weighted by molar-refractivity contribution is 6.30. The van der Waals surface area contributed by atoms with Crippen molar-refractivity contribution >= 4 is 34.0 Å². The van der Waals surface area contributed by atoms with E-state index >= 15 is 0 Å². The molecule has 2 aliphatic heterocycles. The van der Waals surface area contributed by atoms with E-state index in [0.717, 1.165) is 53.0 Å². The van der Waals surface area contributed by atoms with Crippen molar-refractivity contribution in [3.63, 3.8) is 0 Å². The lowest BCUT2D eigenvalue weighted by molar-refractivity contribution is -0.686. The van der Waals surface area contributed by atoms with Gasteiger partial charge in [-0.05, 0) is 71.6 Å². The number of rotatable bonds is 6. The number of benzene rings is 4. The maximum absolute atomic E-state index is 6.31. The van der Waals surface area contributed by atoms with E-state index in [1.165, 1.54) is 27.9 Å². The molecule has 42 heavy (non-hydrogen) atoms. The molecule has 0 unspecified atom stereocenters. The molecule has 0 fully saturated rings. The summed E-state index contributed by atoms with van der Waals surface area (Å²) in [5, 5.41) is 3.56. The minimum atomic E-state index is 0. The molecule has 0 spiro atoms. The van der Waals surface area contributed by atoms with E-state index in [1.54, 1.807) is 14.2 Å². The smallest absolute Gasteiger partial charge is 0.231 e. The van der Waals surface area contributed by atoms with Crippen LogP contribution in [0.3, 0.4) is 0 Å². The monoisotopic (exact) mass is 711 g/mol. The van der Waals surface area contributed by atoms with Crippen LogP contribution in [0.15, 0.2) is 79.0 Å². The number of hydrogen-bond donors (Lipinski definition) is 0. The molecule has 8 heteroatoms. The fourth-order valence-electron chi connectivity index (χ4n) is 6.24. The summed E-state index contributed by atoms with van der Waals surface area (Å²) in [6.45, 7) is 1.08. The Morgan fingerprint density at radius 1 is 0.810 bits per heavy atom. The number of pyridine rings is 1. The van der Waals surface area contributed by atoms with Crippen molar-refractivity contribution in [3.05, 3.63) is 111 Å².